The lowest BCUT2D eigenvalue weighted by Gasteiger charge is -2.04. The largest absolute Gasteiger partial charge is 0.507 e. The molecule has 2 aromatic carbocycles. The molecule has 0 spiro atoms. The summed E-state index contributed by atoms with van der Waals surface area (Å²) in [7, 11) is 0. The van der Waals surface area contributed by atoms with Crippen LogP contribution in [0, 0.1) is 6.92 Å². The zero-order valence-corrected chi connectivity index (χ0v) is 12.6. The first-order valence-electron chi connectivity index (χ1n) is 6.20. The molecule has 1 amide bonds. The molecule has 3 rings (SSSR count). The first-order valence-corrected chi connectivity index (χ1v) is 7.40. The number of benzene rings is 2. The summed E-state index contributed by atoms with van der Waals surface area (Å²) in [6.45, 7) is 1.97. The minimum absolute atomic E-state index is 0.116. The number of fused-ring (bicyclic) bond motifs is 1. The Kier molecular flexibility index (Phi) is 3.53. The summed E-state index contributed by atoms with van der Waals surface area (Å²) < 4.78 is 1.00. The Bertz CT molecular complexity index is 845. The summed E-state index contributed by atoms with van der Waals surface area (Å²) in [5.74, 6) is -0.555. The molecule has 2 N–H and O–H groups in total. The number of phenolic OH excluding ortho intramolecular Hbond substituents is 1. The lowest BCUT2D eigenvalue weighted by Crippen LogP contribution is -2.11. The average Bonchev–Trinajstić information content (AvgIpc) is 2.85. The molecular weight excluding hydrogens is 308 g/mol. The van der Waals surface area contributed by atoms with Crippen molar-refractivity contribution in [2.45, 2.75) is 6.92 Å². The Balaban J connectivity index is 1.93. The average molecular weight is 319 g/mol. The van der Waals surface area contributed by atoms with Crippen molar-refractivity contribution in [1.29, 1.82) is 0 Å². The topological polar surface area (TPSA) is 62.2 Å². The summed E-state index contributed by atoms with van der Waals surface area (Å²) in [5.41, 5.74) is 2.04. The fraction of sp³-hybridized carbons (Fsp3) is 0.0667. The van der Waals surface area contributed by atoms with Crippen molar-refractivity contribution < 1.29 is 9.90 Å². The van der Waals surface area contributed by atoms with E-state index in [1.165, 1.54) is 29.5 Å². The van der Waals surface area contributed by atoms with Gasteiger partial charge in [0.15, 0.2) is 5.13 Å². The van der Waals surface area contributed by atoms with E-state index in [1.54, 1.807) is 0 Å². The van der Waals surface area contributed by atoms with Gasteiger partial charge in [-0.05, 0) is 36.8 Å². The summed E-state index contributed by atoms with van der Waals surface area (Å²) in [4.78, 5) is 16.6. The Morgan fingerprint density at radius 3 is 2.90 bits per heavy atom. The summed E-state index contributed by atoms with van der Waals surface area (Å²) in [6, 6.07) is 10.2. The lowest BCUT2D eigenvalue weighted by atomic mass is 10.2. The summed E-state index contributed by atoms with van der Waals surface area (Å²) in [6.07, 6.45) is 0. The van der Waals surface area contributed by atoms with Gasteiger partial charge in [-0.1, -0.05) is 35.1 Å². The molecule has 0 saturated heterocycles. The number of rotatable bonds is 2. The molecule has 0 atom stereocenters. The highest BCUT2D eigenvalue weighted by Crippen LogP contribution is 2.29. The van der Waals surface area contributed by atoms with Gasteiger partial charge in [-0.2, -0.15) is 0 Å². The number of amides is 1. The molecule has 1 heterocycles. The molecule has 3 aromatic rings. The third-order valence-electron chi connectivity index (χ3n) is 3.04. The quantitative estimate of drug-likeness (QED) is 0.743. The third kappa shape index (κ3) is 2.70. The minimum Gasteiger partial charge on any atom is -0.507 e. The molecule has 4 nitrogen and oxygen atoms in total. The smallest absolute Gasteiger partial charge is 0.261 e. The van der Waals surface area contributed by atoms with Crippen LogP contribution in [0.15, 0.2) is 36.4 Å². The third-order valence-corrected chi connectivity index (χ3v) is 4.22. The molecule has 6 heteroatoms. The van der Waals surface area contributed by atoms with Crippen molar-refractivity contribution in [2.24, 2.45) is 0 Å². The normalized spacial score (nSPS) is 10.8. The highest BCUT2D eigenvalue weighted by molar-refractivity contribution is 7.22. The Morgan fingerprint density at radius 2 is 2.14 bits per heavy atom. The fourth-order valence-corrected chi connectivity index (χ4v) is 3.11. The van der Waals surface area contributed by atoms with Gasteiger partial charge in [0.2, 0.25) is 0 Å². The van der Waals surface area contributed by atoms with E-state index in [0.717, 1.165) is 15.8 Å². The second-order valence-electron chi connectivity index (χ2n) is 4.56. The van der Waals surface area contributed by atoms with Crippen LogP contribution >= 0.6 is 22.9 Å². The monoisotopic (exact) mass is 318 g/mol. The standard InChI is InChI=1S/C15H11ClN2O2S/c1-8-3-2-4-12-13(8)17-15(21-12)18-14(20)10-7-9(16)5-6-11(10)19/h2-7,19H,1H3,(H,17,18,20). The van der Waals surface area contributed by atoms with Crippen LogP contribution in [0.5, 0.6) is 5.75 Å². The van der Waals surface area contributed by atoms with Gasteiger partial charge in [0.25, 0.3) is 5.91 Å². The number of aromatic hydroxyl groups is 1. The van der Waals surface area contributed by atoms with Crippen molar-refractivity contribution in [3.63, 3.8) is 0 Å². The molecule has 21 heavy (non-hydrogen) atoms. The van der Waals surface area contributed by atoms with Gasteiger partial charge in [0.05, 0.1) is 15.8 Å². The molecule has 0 aliphatic heterocycles. The van der Waals surface area contributed by atoms with Gasteiger partial charge in [-0.3, -0.25) is 10.1 Å². The van der Waals surface area contributed by atoms with Crippen molar-refractivity contribution in [3.8, 4) is 5.75 Å². The molecule has 0 radical (unpaired) electrons. The van der Waals surface area contributed by atoms with Gasteiger partial charge >= 0.3 is 0 Å². The van der Waals surface area contributed by atoms with Crippen LogP contribution < -0.4 is 5.32 Å². The van der Waals surface area contributed by atoms with Gasteiger partial charge in [0.1, 0.15) is 5.75 Å². The number of para-hydroxylation sites is 1. The van der Waals surface area contributed by atoms with Gasteiger partial charge in [-0.15, -0.1) is 0 Å². The summed E-state index contributed by atoms with van der Waals surface area (Å²) in [5, 5.41) is 13.3. The molecular formula is C15H11ClN2O2S. The summed E-state index contributed by atoms with van der Waals surface area (Å²) >= 11 is 7.23. The maximum Gasteiger partial charge on any atom is 0.261 e. The van der Waals surface area contributed by atoms with Crippen LogP contribution in [0.25, 0.3) is 10.2 Å². The van der Waals surface area contributed by atoms with Crippen LogP contribution in [0.4, 0.5) is 5.13 Å². The maximum absolute atomic E-state index is 12.2. The fourth-order valence-electron chi connectivity index (χ4n) is 1.99. The molecule has 0 aliphatic rings. The number of thiazole rings is 1. The highest BCUT2D eigenvalue weighted by atomic mass is 35.5. The number of carbonyl (C=O) groups excluding carboxylic acids is 1. The Morgan fingerprint density at radius 1 is 1.33 bits per heavy atom. The molecule has 0 saturated carbocycles. The number of aromatic nitrogens is 1. The van der Waals surface area contributed by atoms with Crippen LogP contribution in [0.3, 0.4) is 0 Å². The molecule has 0 bridgehead atoms. The van der Waals surface area contributed by atoms with Crippen LogP contribution in [-0.2, 0) is 0 Å². The van der Waals surface area contributed by atoms with E-state index in [2.05, 4.69) is 10.3 Å². The van der Waals surface area contributed by atoms with Gasteiger partial charge in [0, 0.05) is 5.02 Å². The van der Waals surface area contributed by atoms with E-state index in [0.29, 0.717) is 10.2 Å². The van der Waals surface area contributed by atoms with Crippen LogP contribution in [0.2, 0.25) is 5.02 Å². The van der Waals surface area contributed by atoms with E-state index in [9.17, 15) is 9.90 Å². The maximum atomic E-state index is 12.2. The van der Waals surface area contributed by atoms with E-state index in [1.807, 2.05) is 25.1 Å². The second-order valence-corrected chi connectivity index (χ2v) is 6.02. The number of nitrogens with zero attached hydrogens (tertiary/aromatic N) is 1. The van der Waals surface area contributed by atoms with E-state index in [-0.39, 0.29) is 11.3 Å². The van der Waals surface area contributed by atoms with Crippen molar-refractivity contribution in [1.82, 2.24) is 4.98 Å². The zero-order chi connectivity index (χ0) is 15.0. The number of halogens is 1. The van der Waals surface area contributed by atoms with Crippen molar-refractivity contribution >= 4 is 44.2 Å². The number of carbonyl (C=O) groups is 1. The van der Waals surface area contributed by atoms with Crippen molar-refractivity contribution in [3.05, 3.63) is 52.5 Å². The Hall–Kier alpha value is -2.11. The van der Waals surface area contributed by atoms with Crippen LogP contribution in [-0.4, -0.2) is 16.0 Å². The first kappa shape index (κ1) is 13.9. The highest BCUT2D eigenvalue weighted by Gasteiger charge is 2.14. The molecule has 0 fully saturated rings. The van der Waals surface area contributed by atoms with Gasteiger partial charge in [-0.25, -0.2) is 4.98 Å². The predicted octanol–water partition coefficient (Wildman–Crippen LogP) is 4.22. The van der Waals surface area contributed by atoms with Gasteiger partial charge < -0.3 is 5.11 Å². The number of aryl methyl sites for hydroxylation is 1. The van der Waals surface area contributed by atoms with Crippen molar-refractivity contribution in [2.75, 3.05) is 5.32 Å². The number of hydrogen-bond donors (Lipinski definition) is 2. The number of hydrogen-bond acceptors (Lipinski definition) is 4. The molecule has 0 unspecified atom stereocenters. The first-order chi connectivity index (χ1) is 10.0. The second kappa shape index (κ2) is 5.35. The van der Waals surface area contributed by atoms with E-state index < -0.39 is 5.91 Å². The number of phenols is 1. The molecule has 106 valence electrons. The molecule has 1 aromatic heterocycles. The lowest BCUT2D eigenvalue weighted by molar-refractivity contribution is 0.102. The zero-order valence-electron chi connectivity index (χ0n) is 11.1. The van der Waals surface area contributed by atoms with Crippen LogP contribution in [0.1, 0.15) is 15.9 Å². The number of nitrogens with one attached hydrogen (secondary N) is 1. The predicted molar refractivity (Wildman–Crippen MR) is 85.4 cm³/mol. The minimum atomic E-state index is -0.438. The molecule has 0 aliphatic carbocycles. The number of anilines is 1. The Labute approximate surface area is 130 Å². The van der Waals surface area contributed by atoms with E-state index >= 15 is 0 Å². The SMILES string of the molecule is Cc1cccc2sc(NC(=O)c3cc(Cl)ccc3O)nc12. The van der Waals surface area contributed by atoms with E-state index in [4.69, 9.17) is 11.6 Å².